The van der Waals surface area contributed by atoms with Crippen LogP contribution in [0.2, 0.25) is 0 Å². The third-order valence-electron chi connectivity index (χ3n) is 4.46. The van der Waals surface area contributed by atoms with Crippen molar-refractivity contribution in [1.29, 1.82) is 0 Å². The van der Waals surface area contributed by atoms with Crippen molar-refractivity contribution in [3.63, 3.8) is 0 Å². The predicted molar refractivity (Wildman–Crippen MR) is 89.7 cm³/mol. The number of hydrogen-bond donors (Lipinski definition) is 1. The van der Waals surface area contributed by atoms with Crippen LogP contribution in [-0.4, -0.2) is 25.3 Å². The van der Waals surface area contributed by atoms with E-state index in [1.165, 1.54) is 56.9 Å². The standard InChI is InChI=1S/C19H31NO/c1-2-20-18(14-15-19-13-6-7-16-21-19)12-8-11-17-9-4-3-5-10-17/h3-5,9-10,18-20H,2,6-8,11-16H2,1H3. The van der Waals surface area contributed by atoms with Crippen molar-refractivity contribution in [2.75, 3.05) is 13.2 Å². The molecule has 1 aromatic rings. The van der Waals surface area contributed by atoms with Crippen molar-refractivity contribution in [3.8, 4) is 0 Å². The van der Waals surface area contributed by atoms with Gasteiger partial charge in [-0.25, -0.2) is 0 Å². The van der Waals surface area contributed by atoms with Gasteiger partial charge < -0.3 is 10.1 Å². The summed E-state index contributed by atoms with van der Waals surface area (Å²) >= 11 is 0. The first-order valence-corrected chi connectivity index (χ1v) is 8.77. The van der Waals surface area contributed by atoms with Crippen LogP contribution in [0.4, 0.5) is 0 Å². The monoisotopic (exact) mass is 289 g/mol. The fourth-order valence-corrected chi connectivity index (χ4v) is 3.26. The zero-order valence-electron chi connectivity index (χ0n) is 13.5. The Bertz CT molecular complexity index is 359. The molecule has 0 aliphatic carbocycles. The molecule has 0 radical (unpaired) electrons. The van der Waals surface area contributed by atoms with Crippen molar-refractivity contribution in [1.82, 2.24) is 5.32 Å². The van der Waals surface area contributed by atoms with Gasteiger partial charge in [0.05, 0.1) is 6.10 Å². The van der Waals surface area contributed by atoms with E-state index < -0.39 is 0 Å². The lowest BCUT2D eigenvalue weighted by molar-refractivity contribution is 0.00844. The molecule has 2 heteroatoms. The van der Waals surface area contributed by atoms with E-state index in [4.69, 9.17) is 4.74 Å². The minimum Gasteiger partial charge on any atom is -0.378 e. The zero-order chi connectivity index (χ0) is 14.8. The summed E-state index contributed by atoms with van der Waals surface area (Å²) in [4.78, 5) is 0. The number of rotatable bonds is 9. The summed E-state index contributed by atoms with van der Waals surface area (Å²) in [6.45, 7) is 4.26. The summed E-state index contributed by atoms with van der Waals surface area (Å²) in [6.07, 6.45) is 10.6. The van der Waals surface area contributed by atoms with Crippen LogP contribution in [0.25, 0.3) is 0 Å². The molecular weight excluding hydrogens is 258 g/mol. The quantitative estimate of drug-likeness (QED) is 0.730. The van der Waals surface area contributed by atoms with Gasteiger partial charge in [-0.05, 0) is 63.5 Å². The Morgan fingerprint density at radius 3 is 2.76 bits per heavy atom. The smallest absolute Gasteiger partial charge is 0.0575 e. The first kappa shape index (κ1) is 16.5. The van der Waals surface area contributed by atoms with E-state index in [0.29, 0.717) is 12.1 Å². The van der Waals surface area contributed by atoms with Crippen molar-refractivity contribution in [2.45, 2.75) is 70.4 Å². The molecule has 1 aliphatic heterocycles. The largest absolute Gasteiger partial charge is 0.378 e. The fourth-order valence-electron chi connectivity index (χ4n) is 3.26. The molecule has 0 amide bonds. The molecule has 2 rings (SSSR count). The Morgan fingerprint density at radius 2 is 2.05 bits per heavy atom. The van der Waals surface area contributed by atoms with Gasteiger partial charge in [0.1, 0.15) is 0 Å². The van der Waals surface area contributed by atoms with Gasteiger partial charge in [-0.15, -0.1) is 0 Å². The molecule has 0 aromatic heterocycles. The average molecular weight is 289 g/mol. The third-order valence-corrected chi connectivity index (χ3v) is 4.46. The zero-order valence-corrected chi connectivity index (χ0v) is 13.5. The van der Waals surface area contributed by atoms with Crippen LogP contribution in [0.5, 0.6) is 0 Å². The molecule has 1 heterocycles. The van der Waals surface area contributed by atoms with Gasteiger partial charge in [0, 0.05) is 12.6 Å². The lowest BCUT2D eigenvalue weighted by Crippen LogP contribution is -2.31. The first-order chi connectivity index (χ1) is 10.4. The Kier molecular flexibility index (Phi) is 7.83. The molecule has 1 saturated heterocycles. The summed E-state index contributed by atoms with van der Waals surface area (Å²) in [6, 6.07) is 11.5. The van der Waals surface area contributed by atoms with Crippen LogP contribution in [0.3, 0.4) is 0 Å². The maximum Gasteiger partial charge on any atom is 0.0575 e. The molecule has 2 unspecified atom stereocenters. The Balaban J connectivity index is 1.65. The fraction of sp³-hybridized carbons (Fsp3) is 0.684. The summed E-state index contributed by atoms with van der Waals surface area (Å²) in [7, 11) is 0. The highest BCUT2D eigenvalue weighted by Crippen LogP contribution is 2.19. The van der Waals surface area contributed by atoms with Crippen LogP contribution in [0.1, 0.15) is 57.4 Å². The molecule has 1 N–H and O–H groups in total. The molecule has 0 bridgehead atoms. The van der Waals surface area contributed by atoms with Gasteiger partial charge >= 0.3 is 0 Å². The van der Waals surface area contributed by atoms with Gasteiger partial charge in [-0.1, -0.05) is 37.3 Å². The lowest BCUT2D eigenvalue weighted by atomic mass is 9.97. The van der Waals surface area contributed by atoms with Crippen LogP contribution < -0.4 is 5.32 Å². The van der Waals surface area contributed by atoms with E-state index in [2.05, 4.69) is 42.6 Å². The predicted octanol–water partition coefficient (Wildman–Crippen LogP) is 4.34. The van der Waals surface area contributed by atoms with Crippen LogP contribution in [0.15, 0.2) is 30.3 Å². The van der Waals surface area contributed by atoms with Crippen LogP contribution >= 0.6 is 0 Å². The molecule has 0 saturated carbocycles. The van der Waals surface area contributed by atoms with E-state index >= 15 is 0 Å². The highest BCUT2D eigenvalue weighted by molar-refractivity contribution is 5.14. The molecule has 1 aliphatic rings. The number of hydrogen-bond acceptors (Lipinski definition) is 2. The molecular formula is C19H31NO. The van der Waals surface area contributed by atoms with E-state index in [1.54, 1.807) is 0 Å². The minimum atomic E-state index is 0.522. The van der Waals surface area contributed by atoms with Gasteiger partial charge in [-0.3, -0.25) is 0 Å². The van der Waals surface area contributed by atoms with Gasteiger partial charge in [-0.2, -0.15) is 0 Å². The van der Waals surface area contributed by atoms with E-state index in [0.717, 1.165) is 13.2 Å². The maximum absolute atomic E-state index is 5.85. The second kappa shape index (κ2) is 9.97. The van der Waals surface area contributed by atoms with Crippen LogP contribution in [0, 0.1) is 0 Å². The van der Waals surface area contributed by atoms with Crippen molar-refractivity contribution in [3.05, 3.63) is 35.9 Å². The highest BCUT2D eigenvalue weighted by Gasteiger charge is 2.16. The van der Waals surface area contributed by atoms with Crippen molar-refractivity contribution < 1.29 is 4.74 Å². The summed E-state index contributed by atoms with van der Waals surface area (Å²) < 4.78 is 5.85. The maximum atomic E-state index is 5.85. The molecule has 118 valence electrons. The van der Waals surface area contributed by atoms with E-state index in [1.807, 2.05) is 0 Å². The SMILES string of the molecule is CCNC(CCCc1ccccc1)CCC1CCCCO1. The molecule has 1 fully saturated rings. The average Bonchev–Trinajstić information content (AvgIpc) is 2.54. The molecule has 0 spiro atoms. The topological polar surface area (TPSA) is 21.3 Å². The Labute approximate surface area is 130 Å². The third kappa shape index (κ3) is 6.62. The van der Waals surface area contributed by atoms with Gasteiger partial charge in [0.25, 0.3) is 0 Å². The second-order valence-corrected chi connectivity index (χ2v) is 6.20. The first-order valence-electron chi connectivity index (χ1n) is 8.77. The number of benzene rings is 1. The van der Waals surface area contributed by atoms with Crippen molar-refractivity contribution in [2.24, 2.45) is 0 Å². The Morgan fingerprint density at radius 1 is 1.19 bits per heavy atom. The van der Waals surface area contributed by atoms with Gasteiger partial charge in [0.15, 0.2) is 0 Å². The number of nitrogens with one attached hydrogen (secondary N) is 1. The lowest BCUT2D eigenvalue weighted by Gasteiger charge is -2.25. The highest BCUT2D eigenvalue weighted by atomic mass is 16.5. The summed E-state index contributed by atoms with van der Waals surface area (Å²) in [5.41, 5.74) is 1.46. The minimum absolute atomic E-state index is 0.522. The number of ether oxygens (including phenoxy) is 1. The molecule has 2 nitrogen and oxygen atoms in total. The second-order valence-electron chi connectivity index (χ2n) is 6.20. The van der Waals surface area contributed by atoms with Crippen molar-refractivity contribution >= 4 is 0 Å². The normalized spacial score (nSPS) is 20.3. The number of aryl methyl sites for hydroxylation is 1. The van der Waals surface area contributed by atoms with E-state index in [-0.39, 0.29) is 0 Å². The molecule has 21 heavy (non-hydrogen) atoms. The van der Waals surface area contributed by atoms with E-state index in [9.17, 15) is 0 Å². The van der Waals surface area contributed by atoms with Gasteiger partial charge in [0.2, 0.25) is 0 Å². The van der Waals surface area contributed by atoms with Crippen LogP contribution in [-0.2, 0) is 11.2 Å². The molecule has 2 atom stereocenters. The molecule has 1 aromatic carbocycles. The summed E-state index contributed by atoms with van der Waals surface area (Å²) in [5, 5.41) is 3.65. The Hall–Kier alpha value is -0.860. The summed E-state index contributed by atoms with van der Waals surface area (Å²) in [5.74, 6) is 0.